The Balaban J connectivity index is 1.80. The Morgan fingerprint density at radius 2 is 2.00 bits per heavy atom. The normalized spacial score (nSPS) is 29.6. The average Bonchev–Trinajstić information content (AvgIpc) is 2.52. The highest BCUT2D eigenvalue weighted by atomic mass is 79.9. The molecule has 3 saturated heterocycles. The molecule has 0 radical (unpaired) electrons. The van der Waals surface area contributed by atoms with E-state index in [0.29, 0.717) is 16.9 Å². The van der Waals surface area contributed by atoms with Crippen LogP contribution >= 0.6 is 15.9 Å². The SMILES string of the molecule is CNC(Cc1c(F)ccc(Br)c1F)C1CN2CCN1CC2. The average molecular weight is 360 g/mol. The first-order valence-corrected chi connectivity index (χ1v) is 8.15. The Morgan fingerprint density at radius 3 is 2.57 bits per heavy atom. The summed E-state index contributed by atoms with van der Waals surface area (Å²) >= 11 is 3.14. The van der Waals surface area contributed by atoms with Crippen LogP contribution in [0.3, 0.4) is 0 Å². The molecule has 0 saturated carbocycles. The quantitative estimate of drug-likeness (QED) is 0.827. The van der Waals surface area contributed by atoms with Gasteiger partial charge in [0.25, 0.3) is 0 Å². The van der Waals surface area contributed by atoms with Crippen LogP contribution in [0.15, 0.2) is 16.6 Å². The molecule has 1 aromatic carbocycles. The van der Waals surface area contributed by atoms with Crippen LogP contribution in [0.4, 0.5) is 8.78 Å². The molecule has 4 rings (SSSR count). The number of benzene rings is 1. The highest BCUT2D eigenvalue weighted by molar-refractivity contribution is 9.10. The molecule has 6 heteroatoms. The van der Waals surface area contributed by atoms with Gasteiger partial charge in [-0.3, -0.25) is 9.80 Å². The maximum atomic E-state index is 14.2. The van der Waals surface area contributed by atoms with Crippen molar-refractivity contribution in [2.75, 3.05) is 39.8 Å². The second-order valence-corrected chi connectivity index (χ2v) is 6.68. The number of fused-ring (bicyclic) bond motifs is 3. The number of nitrogens with zero attached hydrogens (tertiary/aromatic N) is 2. The lowest BCUT2D eigenvalue weighted by Crippen LogP contribution is -2.66. The molecule has 21 heavy (non-hydrogen) atoms. The van der Waals surface area contributed by atoms with E-state index in [0.717, 1.165) is 32.7 Å². The van der Waals surface area contributed by atoms with Gasteiger partial charge in [-0.05, 0) is 41.5 Å². The number of likely N-dealkylation sites (N-methyl/N-ethyl adjacent to an activating group) is 1. The molecule has 0 aromatic heterocycles. The van der Waals surface area contributed by atoms with Crippen LogP contribution in [0, 0.1) is 11.6 Å². The van der Waals surface area contributed by atoms with E-state index in [-0.39, 0.29) is 11.6 Å². The van der Waals surface area contributed by atoms with E-state index < -0.39 is 11.6 Å². The topological polar surface area (TPSA) is 18.5 Å². The van der Waals surface area contributed by atoms with Crippen LogP contribution in [-0.2, 0) is 6.42 Å². The van der Waals surface area contributed by atoms with Gasteiger partial charge in [0.1, 0.15) is 11.6 Å². The standard InChI is InChI=1S/C15H20BrF2N3/c1-19-13(14-9-20-4-6-21(14)7-5-20)8-10-12(17)3-2-11(16)15(10)18/h2-3,13-14,19H,4-9H2,1H3. The maximum absolute atomic E-state index is 14.2. The molecule has 2 bridgehead atoms. The summed E-state index contributed by atoms with van der Waals surface area (Å²) in [6, 6.07) is 3.11. The van der Waals surface area contributed by atoms with Crippen LogP contribution < -0.4 is 5.32 Å². The van der Waals surface area contributed by atoms with Crippen molar-refractivity contribution in [2.45, 2.75) is 18.5 Å². The molecule has 3 nitrogen and oxygen atoms in total. The Hall–Kier alpha value is -0.560. The fraction of sp³-hybridized carbons (Fsp3) is 0.600. The first-order chi connectivity index (χ1) is 10.1. The summed E-state index contributed by atoms with van der Waals surface area (Å²) in [4.78, 5) is 4.87. The highest BCUT2D eigenvalue weighted by Crippen LogP contribution is 2.25. The van der Waals surface area contributed by atoms with Gasteiger partial charge in [-0.1, -0.05) is 0 Å². The molecule has 3 heterocycles. The lowest BCUT2D eigenvalue weighted by molar-refractivity contribution is -0.00223. The van der Waals surface area contributed by atoms with Crippen molar-refractivity contribution in [2.24, 2.45) is 0 Å². The van der Waals surface area contributed by atoms with Gasteiger partial charge in [-0.25, -0.2) is 8.78 Å². The summed E-state index contributed by atoms with van der Waals surface area (Å²) in [6.45, 7) is 5.28. The molecule has 2 unspecified atom stereocenters. The van der Waals surface area contributed by atoms with Crippen molar-refractivity contribution in [3.05, 3.63) is 33.8 Å². The molecule has 3 fully saturated rings. The first-order valence-electron chi connectivity index (χ1n) is 7.36. The number of halogens is 3. The molecule has 2 atom stereocenters. The molecule has 1 N–H and O–H groups in total. The van der Waals surface area contributed by atoms with E-state index in [1.165, 1.54) is 12.1 Å². The Kier molecular flexibility index (Phi) is 4.59. The highest BCUT2D eigenvalue weighted by Gasteiger charge is 2.36. The minimum absolute atomic E-state index is 0.0476. The van der Waals surface area contributed by atoms with Crippen molar-refractivity contribution >= 4 is 15.9 Å². The van der Waals surface area contributed by atoms with Crippen LogP contribution in [0.5, 0.6) is 0 Å². The molecule has 1 aromatic rings. The molecule has 0 aliphatic carbocycles. The van der Waals surface area contributed by atoms with Crippen LogP contribution in [0.25, 0.3) is 0 Å². The van der Waals surface area contributed by atoms with Gasteiger partial charge in [0.05, 0.1) is 4.47 Å². The monoisotopic (exact) mass is 359 g/mol. The number of hydrogen-bond acceptors (Lipinski definition) is 3. The minimum Gasteiger partial charge on any atom is -0.315 e. The fourth-order valence-electron chi connectivity index (χ4n) is 3.45. The van der Waals surface area contributed by atoms with E-state index >= 15 is 0 Å². The van der Waals surface area contributed by atoms with Crippen molar-refractivity contribution < 1.29 is 8.78 Å². The first kappa shape index (κ1) is 15.3. The summed E-state index contributed by atoms with van der Waals surface area (Å²) < 4.78 is 28.5. The molecule has 0 spiro atoms. The van der Waals surface area contributed by atoms with Gasteiger partial charge in [0, 0.05) is 50.4 Å². The maximum Gasteiger partial charge on any atom is 0.143 e. The van der Waals surface area contributed by atoms with Crippen molar-refractivity contribution in [3.8, 4) is 0 Å². The van der Waals surface area contributed by atoms with Gasteiger partial charge >= 0.3 is 0 Å². The predicted molar refractivity (Wildman–Crippen MR) is 82.4 cm³/mol. The number of rotatable bonds is 4. The second kappa shape index (κ2) is 6.28. The Bertz CT molecular complexity index is 518. The molecular formula is C15H20BrF2N3. The Morgan fingerprint density at radius 1 is 1.29 bits per heavy atom. The van der Waals surface area contributed by atoms with Gasteiger partial charge in [0.2, 0.25) is 0 Å². The lowest BCUT2D eigenvalue weighted by atomic mass is 9.94. The molecular weight excluding hydrogens is 340 g/mol. The summed E-state index contributed by atoms with van der Waals surface area (Å²) in [7, 11) is 1.87. The molecule has 3 aliphatic rings. The predicted octanol–water partition coefficient (Wildman–Crippen LogP) is 1.86. The van der Waals surface area contributed by atoms with Crippen molar-refractivity contribution in [3.63, 3.8) is 0 Å². The smallest absolute Gasteiger partial charge is 0.143 e. The van der Waals surface area contributed by atoms with E-state index in [9.17, 15) is 8.78 Å². The second-order valence-electron chi connectivity index (χ2n) is 5.82. The van der Waals surface area contributed by atoms with Gasteiger partial charge in [0.15, 0.2) is 0 Å². The largest absolute Gasteiger partial charge is 0.315 e. The molecule has 0 amide bonds. The van der Waals surface area contributed by atoms with Crippen LogP contribution in [0.2, 0.25) is 0 Å². The zero-order chi connectivity index (χ0) is 15.0. The molecule has 116 valence electrons. The van der Waals surface area contributed by atoms with E-state index in [1.54, 1.807) is 0 Å². The summed E-state index contributed by atoms with van der Waals surface area (Å²) in [6.07, 6.45) is 0.364. The third-order valence-corrected chi connectivity index (χ3v) is 5.33. The van der Waals surface area contributed by atoms with Gasteiger partial charge in [-0.2, -0.15) is 0 Å². The Labute approximate surface area is 132 Å². The fourth-order valence-corrected chi connectivity index (χ4v) is 3.82. The number of hydrogen-bond donors (Lipinski definition) is 1. The summed E-state index contributed by atoms with van der Waals surface area (Å²) in [5.74, 6) is -0.946. The number of nitrogens with one attached hydrogen (secondary N) is 1. The van der Waals surface area contributed by atoms with Gasteiger partial charge < -0.3 is 5.32 Å². The van der Waals surface area contributed by atoms with Crippen molar-refractivity contribution in [1.82, 2.24) is 15.1 Å². The number of piperazine rings is 3. The third kappa shape index (κ3) is 2.99. The summed E-state index contributed by atoms with van der Waals surface area (Å²) in [5, 5.41) is 3.26. The van der Waals surface area contributed by atoms with Crippen molar-refractivity contribution in [1.29, 1.82) is 0 Å². The van der Waals surface area contributed by atoms with Crippen LogP contribution in [0.1, 0.15) is 5.56 Å². The van der Waals surface area contributed by atoms with Crippen LogP contribution in [-0.4, -0.2) is 61.7 Å². The van der Waals surface area contributed by atoms with Gasteiger partial charge in [-0.15, -0.1) is 0 Å². The van der Waals surface area contributed by atoms with E-state index in [4.69, 9.17) is 0 Å². The van der Waals surface area contributed by atoms with E-state index in [1.807, 2.05) is 7.05 Å². The lowest BCUT2D eigenvalue weighted by Gasteiger charge is -2.50. The minimum atomic E-state index is -0.480. The third-order valence-electron chi connectivity index (χ3n) is 4.72. The van der Waals surface area contributed by atoms with E-state index in [2.05, 4.69) is 31.0 Å². The zero-order valence-corrected chi connectivity index (χ0v) is 13.7. The zero-order valence-electron chi connectivity index (χ0n) is 12.1. The molecule has 3 aliphatic heterocycles. The summed E-state index contributed by atoms with van der Waals surface area (Å²) in [5.41, 5.74) is 0.168.